The van der Waals surface area contributed by atoms with Gasteiger partial charge in [-0.05, 0) is 36.8 Å². The lowest BCUT2D eigenvalue weighted by molar-refractivity contribution is -0.385. The summed E-state index contributed by atoms with van der Waals surface area (Å²) in [6, 6.07) is 21.6. The molecule has 154 valence electrons. The van der Waals surface area contributed by atoms with Crippen LogP contribution in [0, 0.1) is 17.0 Å². The number of aryl methyl sites for hydroxylation is 1. The van der Waals surface area contributed by atoms with Crippen molar-refractivity contribution >= 4 is 23.6 Å². The van der Waals surface area contributed by atoms with Crippen LogP contribution < -0.4 is 4.74 Å². The molecule has 1 aliphatic heterocycles. The minimum Gasteiger partial charge on any atom is -0.488 e. The SMILES string of the molecule is Cc1cc(C2=N/C(=C\c3ccccc3OCc3ccccc3)C(=O)O2)ccc1[N+](=O)[O-]. The summed E-state index contributed by atoms with van der Waals surface area (Å²) in [7, 11) is 0. The van der Waals surface area contributed by atoms with E-state index < -0.39 is 10.9 Å². The van der Waals surface area contributed by atoms with Crippen LogP contribution in [0.3, 0.4) is 0 Å². The van der Waals surface area contributed by atoms with Gasteiger partial charge < -0.3 is 9.47 Å². The molecule has 0 amide bonds. The van der Waals surface area contributed by atoms with Gasteiger partial charge in [0.2, 0.25) is 5.90 Å². The van der Waals surface area contributed by atoms with Crippen molar-refractivity contribution in [2.45, 2.75) is 13.5 Å². The Hall–Kier alpha value is -4.26. The van der Waals surface area contributed by atoms with Crippen molar-refractivity contribution in [1.29, 1.82) is 0 Å². The number of esters is 1. The monoisotopic (exact) mass is 414 g/mol. The van der Waals surface area contributed by atoms with Crippen molar-refractivity contribution in [1.82, 2.24) is 0 Å². The highest BCUT2D eigenvalue weighted by molar-refractivity contribution is 6.13. The summed E-state index contributed by atoms with van der Waals surface area (Å²) in [5.41, 5.74) is 2.79. The topological polar surface area (TPSA) is 91.0 Å². The Labute approximate surface area is 178 Å². The van der Waals surface area contributed by atoms with Gasteiger partial charge in [-0.15, -0.1) is 0 Å². The third-order valence-electron chi connectivity index (χ3n) is 4.71. The van der Waals surface area contributed by atoms with Gasteiger partial charge in [0, 0.05) is 22.8 Å². The van der Waals surface area contributed by atoms with Crippen LogP contribution in [-0.4, -0.2) is 16.8 Å². The Morgan fingerprint density at radius 2 is 1.81 bits per heavy atom. The van der Waals surface area contributed by atoms with E-state index in [0.717, 1.165) is 5.56 Å². The number of hydrogen-bond donors (Lipinski definition) is 0. The number of ether oxygens (including phenoxy) is 2. The number of carbonyl (C=O) groups is 1. The first kappa shape index (κ1) is 20.0. The second-order valence-corrected chi connectivity index (χ2v) is 6.91. The van der Waals surface area contributed by atoms with Crippen molar-refractivity contribution in [3.63, 3.8) is 0 Å². The molecule has 1 heterocycles. The second kappa shape index (κ2) is 8.62. The largest absolute Gasteiger partial charge is 0.488 e. The molecule has 0 aliphatic carbocycles. The van der Waals surface area contributed by atoms with Crippen molar-refractivity contribution in [3.05, 3.63) is 111 Å². The molecule has 0 unspecified atom stereocenters. The summed E-state index contributed by atoms with van der Waals surface area (Å²) in [5.74, 6) is 0.127. The predicted molar refractivity (Wildman–Crippen MR) is 116 cm³/mol. The van der Waals surface area contributed by atoms with Crippen LogP contribution in [0.1, 0.15) is 22.3 Å². The number of hydrogen-bond acceptors (Lipinski definition) is 6. The van der Waals surface area contributed by atoms with Gasteiger partial charge in [0.15, 0.2) is 5.70 Å². The van der Waals surface area contributed by atoms with Crippen molar-refractivity contribution in [3.8, 4) is 5.75 Å². The normalized spacial score (nSPS) is 14.3. The first-order chi connectivity index (χ1) is 15.0. The summed E-state index contributed by atoms with van der Waals surface area (Å²) < 4.78 is 11.2. The molecule has 0 saturated heterocycles. The van der Waals surface area contributed by atoms with E-state index in [-0.39, 0.29) is 17.3 Å². The first-order valence-electron chi connectivity index (χ1n) is 9.55. The molecule has 0 radical (unpaired) electrons. The molecular formula is C24H18N2O5. The van der Waals surface area contributed by atoms with Crippen molar-refractivity contribution in [2.75, 3.05) is 0 Å². The van der Waals surface area contributed by atoms with E-state index in [1.807, 2.05) is 54.6 Å². The molecule has 0 bridgehead atoms. The number of cyclic esters (lactones) is 1. The van der Waals surface area contributed by atoms with Crippen LogP contribution in [0.15, 0.2) is 83.5 Å². The highest BCUT2D eigenvalue weighted by atomic mass is 16.6. The van der Waals surface area contributed by atoms with Gasteiger partial charge in [0.1, 0.15) is 12.4 Å². The van der Waals surface area contributed by atoms with Gasteiger partial charge in [0.05, 0.1) is 4.92 Å². The molecule has 3 aromatic rings. The van der Waals surface area contributed by atoms with E-state index in [9.17, 15) is 14.9 Å². The Bertz CT molecular complexity index is 1220. The first-order valence-corrected chi connectivity index (χ1v) is 9.55. The Balaban J connectivity index is 1.59. The maximum absolute atomic E-state index is 12.4. The van der Waals surface area contributed by atoms with Crippen LogP contribution in [0.4, 0.5) is 5.69 Å². The maximum atomic E-state index is 12.4. The van der Waals surface area contributed by atoms with Gasteiger partial charge in [-0.2, -0.15) is 0 Å². The van der Waals surface area contributed by atoms with Crippen LogP contribution in [0.5, 0.6) is 5.75 Å². The van der Waals surface area contributed by atoms with E-state index >= 15 is 0 Å². The molecule has 31 heavy (non-hydrogen) atoms. The minimum absolute atomic E-state index is 0.00562. The fourth-order valence-electron chi connectivity index (χ4n) is 3.14. The van der Waals surface area contributed by atoms with Gasteiger partial charge in [-0.3, -0.25) is 10.1 Å². The number of nitro groups is 1. The number of nitrogens with zero attached hydrogens (tertiary/aromatic N) is 2. The lowest BCUT2D eigenvalue weighted by Crippen LogP contribution is -2.06. The highest BCUT2D eigenvalue weighted by Gasteiger charge is 2.25. The lowest BCUT2D eigenvalue weighted by atomic mass is 10.1. The summed E-state index contributed by atoms with van der Waals surface area (Å²) >= 11 is 0. The van der Waals surface area contributed by atoms with Gasteiger partial charge in [-0.1, -0.05) is 48.5 Å². The zero-order valence-corrected chi connectivity index (χ0v) is 16.6. The highest BCUT2D eigenvalue weighted by Crippen LogP contribution is 2.26. The molecule has 1 aliphatic rings. The molecule has 0 atom stereocenters. The number of nitro benzene ring substituents is 1. The second-order valence-electron chi connectivity index (χ2n) is 6.91. The molecule has 0 fully saturated rings. The Morgan fingerprint density at radius 1 is 1.06 bits per heavy atom. The zero-order valence-electron chi connectivity index (χ0n) is 16.6. The van der Waals surface area contributed by atoms with E-state index in [2.05, 4.69) is 4.99 Å². The molecule has 7 nitrogen and oxygen atoms in total. The third-order valence-corrected chi connectivity index (χ3v) is 4.71. The molecule has 0 N–H and O–H groups in total. The molecule has 0 saturated carbocycles. The molecule has 3 aromatic carbocycles. The summed E-state index contributed by atoms with van der Waals surface area (Å²) in [6.45, 7) is 2.01. The molecule has 4 rings (SSSR count). The van der Waals surface area contributed by atoms with Gasteiger partial charge in [0.25, 0.3) is 5.69 Å². The molecule has 0 spiro atoms. The summed E-state index contributed by atoms with van der Waals surface area (Å²) in [6.07, 6.45) is 1.61. The van der Waals surface area contributed by atoms with Crippen LogP contribution in [0.2, 0.25) is 0 Å². The molecule has 0 aromatic heterocycles. The average molecular weight is 414 g/mol. The molecular weight excluding hydrogens is 396 g/mol. The Kier molecular flexibility index (Phi) is 5.57. The van der Waals surface area contributed by atoms with E-state index in [1.54, 1.807) is 19.1 Å². The van der Waals surface area contributed by atoms with Crippen LogP contribution in [0.25, 0.3) is 6.08 Å². The quantitative estimate of drug-likeness (QED) is 0.249. The number of benzene rings is 3. The number of aliphatic imine (C=N–C) groups is 1. The average Bonchev–Trinajstić information content (AvgIpc) is 3.14. The molecule has 7 heteroatoms. The number of rotatable bonds is 6. The summed E-state index contributed by atoms with van der Waals surface area (Å²) in [5, 5.41) is 11.0. The fourth-order valence-corrected chi connectivity index (χ4v) is 3.14. The van der Waals surface area contributed by atoms with Crippen molar-refractivity contribution in [2.24, 2.45) is 4.99 Å². The Morgan fingerprint density at radius 3 is 2.55 bits per heavy atom. The minimum atomic E-state index is -0.594. The number of para-hydroxylation sites is 1. The number of carbonyl (C=O) groups excluding carboxylic acids is 1. The fraction of sp³-hybridized carbons (Fsp3) is 0.0833. The lowest BCUT2D eigenvalue weighted by Gasteiger charge is -2.09. The van der Waals surface area contributed by atoms with E-state index in [4.69, 9.17) is 9.47 Å². The van der Waals surface area contributed by atoms with Crippen molar-refractivity contribution < 1.29 is 19.2 Å². The summed E-state index contributed by atoms with van der Waals surface area (Å²) in [4.78, 5) is 27.2. The third kappa shape index (κ3) is 4.51. The van der Waals surface area contributed by atoms with Crippen LogP contribution in [-0.2, 0) is 16.1 Å². The van der Waals surface area contributed by atoms with Gasteiger partial charge >= 0.3 is 5.97 Å². The smallest absolute Gasteiger partial charge is 0.363 e. The van der Waals surface area contributed by atoms with Crippen LogP contribution >= 0.6 is 0 Å². The predicted octanol–water partition coefficient (Wildman–Crippen LogP) is 4.83. The zero-order chi connectivity index (χ0) is 21.8. The van der Waals surface area contributed by atoms with E-state index in [1.165, 1.54) is 12.1 Å². The van der Waals surface area contributed by atoms with Gasteiger partial charge in [-0.25, -0.2) is 9.79 Å². The maximum Gasteiger partial charge on any atom is 0.363 e. The van der Waals surface area contributed by atoms with E-state index in [0.29, 0.717) is 29.0 Å². The standard InChI is InChI=1S/C24H18N2O5/c1-16-13-19(11-12-21(16)26(28)29)23-25-20(24(27)31-23)14-18-9-5-6-10-22(18)30-15-17-7-3-2-4-8-17/h2-14H,15H2,1H3/b20-14-.